The van der Waals surface area contributed by atoms with Crippen molar-refractivity contribution in [1.29, 1.82) is 0 Å². The van der Waals surface area contributed by atoms with Crippen molar-refractivity contribution >= 4 is 22.7 Å². The molecule has 172 valence electrons. The SMILES string of the molecule is CCNC(=O)[C@@H]1CCN(C(=O)c2ccc3c(c2)c2c(n3C)CCC(C3CCOCC3)C2)C1. The molecule has 3 aliphatic rings. The Morgan fingerprint density at radius 1 is 1.12 bits per heavy atom. The number of amides is 2. The molecule has 2 aromatic rings. The molecular formula is C26H35N3O3. The third-order valence-electron chi connectivity index (χ3n) is 8.03. The quantitative estimate of drug-likeness (QED) is 0.798. The highest BCUT2D eigenvalue weighted by molar-refractivity contribution is 5.99. The molecule has 0 bridgehead atoms. The van der Waals surface area contributed by atoms with Crippen LogP contribution in [0.5, 0.6) is 0 Å². The molecule has 32 heavy (non-hydrogen) atoms. The van der Waals surface area contributed by atoms with Gasteiger partial charge in [0.15, 0.2) is 0 Å². The van der Waals surface area contributed by atoms with Crippen molar-refractivity contribution in [3.63, 3.8) is 0 Å². The topological polar surface area (TPSA) is 63.6 Å². The van der Waals surface area contributed by atoms with Gasteiger partial charge in [-0.3, -0.25) is 9.59 Å². The maximum absolute atomic E-state index is 13.3. The molecule has 2 fully saturated rings. The van der Waals surface area contributed by atoms with Gasteiger partial charge in [0.1, 0.15) is 0 Å². The van der Waals surface area contributed by atoms with Crippen molar-refractivity contribution in [2.24, 2.45) is 24.8 Å². The van der Waals surface area contributed by atoms with Gasteiger partial charge in [0.2, 0.25) is 5.91 Å². The van der Waals surface area contributed by atoms with Crippen LogP contribution in [0, 0.1) is 17.8 Å². The molecule has 6 nitrogen and oxygen atoms in total. The minimum atomic E-state index is -0.0904. The summed E-state index contributed by atoms with van der Waals surface area (Å²) in [4.78, 5) is 27.3. The monoisotopic (exact) mass is 437 g/mol. The van der Waals surface area contributed by atoms with Crippen molar-refractivity contribution in [3.05, 3.63) is 35.0 Å². The lowest BCUT2D eigenvalue weighted by molar-refractivity contribution is -0.124. The van der Waals surface area contributed by atoms with Crippen molar-refractivity contribution in [2.45, 2.75) is 45.4 Å². The largest absolute Gasteiger partial charge is 0.381 e. The zero-order chi connectivity index (χ0) is 22.2. The van der Waals surface area contributed by atoms with E-state index in [1.165, 1.54) is 41.4 Å². The number of carbonyl (C=O) groups is 2. The molecule has 2 atom stereocenters. The van der Waals surface area contributed by atoms with Crippen LogP contribution in [0.2, 0.25) is 0 Å². The number of hydrogen-bond acceptors (Lipinski definition) is 3. The van der Waals surface area contributed by atoms with Gasteiger partial charge in [0, 0.05) is 62.1 Å². The predicted octanol–water partition coefficient (Wildman–Crippen LogP) is 3.31. The highest BCUT2D eigenvalue weighted by Gasteiger charge is 2.33. The van der Waals surface area contributed by atoms with Crippen LogP contribution in [0.25, 0.3) is 10.9 Å². The summed E-state index contributed by atoms with van der Waals surface area (Å²) < 4.78 is 7.92. The third kappa shape index (κ3) is 3.83. The lowest BCUT2D eigenvalue weighted by Crippen LogP contribution is -2.34. The summed E-state index contributed by atoms with van der Waals surface area (Å²) in [5.41, 5.74) is 4.85. The Kier molecular flexibility index (Phi) is 5.97. The Hall–Kier alpha value is -2.34. The molecular weight excluding hydrogens is 402 g/mol. The molecule has 0 spiro atoms. The fourth-order valence-electron chi connectivity index (χ4n) is 6.19. The average molecular weight is 438 g/mol. The number of ether oxygens (including phenoxy) is 1. The van der Waals surface area contributed by atoms with Gasteiger partial charge in [-0.2, -0.15) is 0 Å². The van der Waals surface area contributed by atoms with Gasteiger partial charge in [0.05, 0.1) is 5.92 Å². The lowest BCUT2D eigenvalue weighted by atomic mass is 9.75. The number of nitrogens with zero attached hydrogens (tertiary/aromatic N) is 2. The van der Waals surface area contributed by atoms with Gasteiger partial charge in [0.25, 0.3) is 5.91 Å². The van der Waals surface area contributed by atoms with E-state index in [1.54, 1.807) is 0 Å². The van der Waals surface area contributed by atoms with Crippen LogP contribution in [-0.2, 0) is 29.4 Å². The van der Waals surface area contributed by atoms with Gasteiger partial charge in [-0.05, 0) is 81.0 Å². The fraction of sp³-hybridized carbons (Fsp3) is 0.615. The number of aromatic nitrogens is 1. The van der Waals surface area contributed by atoms with Crippen LogP contribution < -0.4 is 5.32 Å². The first-order chi connectivity index (χ1) is 15.6. The molecule has 2 amide bonds. The molecule has 0 saturated carbocycles. The predicted molar refractivity (Wildman–Crippen MR) is 125 cm³/mol. The number of nitrogens with one attached hydrogen (secondary N) is 1. The van der Waals surface area contributed by atoms with Gasteiger partial charge >= 0.3 is 0 Å². The molecule has 1 aliphatic carbocycles. The normalized spacial score (nSPS) is 24.0. The van der Waals surface area contributed by atoms with E-state index in [9.17, 15) is 9.59 Å². The summed E-state index contributed by atoms with van der Waals surface area (Å²) in [6.45, 7) is 5.52. The summed E-state index contributed by atoms with van der Waals surface area (Å²) in [6.07, 6.45) is 6.58. The number of fused-ring (bicyclic) bond motifs is 3. The van der Waals surface area contributed by atoms with Crippen molar-refractivity contribution in [3.8, 4) is 0 Å². The number of rotatable bonds is 4. The summed E-state index contributed by atoms with van der Waals surface area (Å²) in [6, 6.07) is 6.19. The average Bonchev–Trinajstić information content (AvgIpc) is 3.43. The third-order valence-corrected chi connectivity index (χ3v) is 8.03. The lowest BCUT2D eigenvalue weighted by Gasteiger charge is -2.33. The Morgan fingerprint density at radius 3 is 2.72 bits per heavy atom. The zero-order valence-electron chi connectivity index (χ0n) is 19.4. The first kappa shape index (κ1) is 21.5. The van der Waals surface area contributed by atoms with E-state index < -0.39 is 0 Å². The smallest absolute Gasteiger partial charge is 0.253 e. The second-order valence-electron chi connectivity index (χ2n) is 9.80. The maximum Gasteiger partial charge on any atom is 0.253 e. The molecule has 5 rings (SSSR count). The van der Waals surface area contributed by atoms with Crippen LogP contribution in [0.3, 0.4) is 0 Å². The Morgan fingerprint density at radius 2 is 1.94 bits per heavy atom. The summed E-state index contributed by atoms with van der Waals surface area (Å²) >= 11 is 0. The highest BCUT2D eigenvalue weighted by atomic mass is 16.5. The van der Waals surface area contributed by atoms with Crippen LogP contribution in [-0.4, -0.2) is 54.1 Å². The van der Waals surface area contributed by atoms with Gasteiger partial charge in [-0.15, -0.1) is 0 Å². The van der Waals surface area contributed by atoms with Crippen LogP contribution >= 0.6 is 0 Å². The maximum atomic E-state index is 13.3. The van der Waals surface area contributed by atoms with Crippen molar-refractivity contribution in [2.75, 3.05) is 32.8 Å². The van der Waals surface area contributed by atoms with E-state index in [0.29, 0.717) is 25.6 Å². The first-order valence-electron chi connectivity index (χ1n) is 12.3. The van der Waals surface area contributed by atoms with Gasteiger partial charge in [-0.1, -0.05) is 0 Å². The Balaban J connectivity index is 1.38. The van der Waals surface area contributed by atoms with E-state index in [2.05, 4.69) is 29.1 Å². The number of hydrogen-bond donors (Lipinski definition) is 1. The molecule has 1 aromatic heterocycles. The van der Waals surface area contributed by atoms with Crippen molar-refractivity contribution in [1.82, 2.24) is 14.8 Å². The molecule has 3 heterocycles. The van der Waals surface area contributed by atoms with Crippen LogP contribution in [0.1, 0.15) is 54.2 Å². The van der Waals surface area contributed by atoms with E-state index in [1.807, 2.05) is 17.9 Å². The van der Waals surface area contributed by atoms with E-state index >= 15 is 0 Å². The van der Waals surface area contributed by atoms with Crippen LogP contribution in [0.4, 0.5) is 0 Å². The Bertz CT molecular complexity index is 1020. The number of benzene rings is 1. The van der Waals surface area contributed by atoms with Crippen molar-refractivity contribution < 1.29 is 14.3 Å². The molecule has 2 saturated heterocycles. The molecule has 6 heteroatoms. The second-order valence-corrected chi connectivity index (χ2v) is 9.80. The first-order valence-corrected chi connectivity index (χ1v) is 12.3. The fourth-order valence-corrected chi connectivity index (χ4v) is 6.19. The van der Waals surface area contributed by atoms with E-state index in [4.69, 9.17) is 4.74 Å². The number of aryl methyl sites for hydroxylation is 1. The van der Waals surface area contributed by atoms with E-state index in [0.717, 1.165) is 44.0 Å². The number of carbonyl (C=O) groups excluding carboxylic acids is 2. The van der Waals surface area contributed by atoms with Crippen LogP contribution in [0.15, 0.2) is 18.2 Å². The minimum Gasteiger partial charge on any atom is -0.381 e. The molecule has 2 aliphatic heterocycles. The summed E-state index contributed by atoms with van der Waals surface area (Å²) in [5.74, 6) is 1.50. The zero-order valence-corrected chi connectivity index (χ0v) is 19.4. The molecule has 1 unspecified atom stereocenters. The molecule has 1 N–H and O–H groups in total. The summed E-state index contributed by atoms with van der Waals surface area (Å²) in [5, 5.41) is 4.13. The highest BCUT2D eigenvalue weighted by Crippen LogP contribution is 2.39. The standard InChI is InChI=1S/C26H35N3O3/c1-3-27-25(30)20-8-11-29(16-20)26(31)19-5-7-24-22(15-19)21-14-18(4-6-23(21)28(24)2)17-9-12-32-13-10-17/h5,7,15,17-18,20H,3-4,6,8-14,16H2,1-2H3,(H,27,30)/t18?,20-/m1/s1. The van der Waals surface area contributed by atoms with Gasteiger partial charge in [-0.25, -0.2) is 0 Å². The number of likely N-dealkylation sites (tertiary alicyclic amines) is 1. The summed E-state index contributed by atoms with van der Waals surface area (Å²) in [7, 11) is 2.16. The minimum absolute atomic E-state index is 0.0492. The second kappa shape index (κ2) is 8.89. The van der Waals surface area contributed by atoms with E-state index in [-0.39, 0.29) is 17.7 Å². The van der Waals surface area contributed by atoms with Gasteiger partial charge < -0.3 is 19.5 Å². The Labute approximate surface area is 190 Å². The molecule has 0 radical (unpaired) electrons. The molecule has 1 aromatic carbocycles.